The number of fused-ring (bicyclic) bond motifs is 1. The summed E-state index contributed by atoms with van der Waals surface area (Å²) in [6.07, 6.45) is 6.15. The highest BCUT2D eigenvalue weighted by Crippen LogP contribution is 2.46. The first kappa shape index (κ1) is 20.2. The maximum absolute atomic E-state index is 12.8. The third-order valence-electron chi connectivity index (χ3n) is 5.09. The summed E-state index contributed by atoms with van der Waals surface area (Å²) in [6, 6.07) is 1.72. The zero-order valence-electron chi connectivity index (χ0n) is 16.6. The lowest BCUT2D eigenvalue weighted by atomic mass is 9.95. The van der Waals surface area contributed by atoms with Gasteiger partial charge < -0.3 is 9.47 Å². The second-order valence-corrected chi connectivity index (χ2v) is 8.89. The van der Waals surface area contributed by atoms with Crippen molar-refractivity contribution in [2.75, 3.05) is 14.2 Å². The Morgan fingerprint density at radius 3 is 2.72 bits per heavy atom. The molecule has 1 fully saturated rings. The number of ketones is 1. The number of methoxy groups -OCH3 is 2. The molecule has 3 aromatic rings. The van der Waals surface area contributed by atoms with Crippen LogP contribution in [-0.2, 0) is 22.4 Å². The molecule has 0 saturated heterocycles. The van der Waals surface area contributed by atoms with Crippen molar-refractivity contribution in [3.05, 3.63) is 45.2 Å². The van der Waals surface area contributed by atoms with Crippen molar-refractivity contribution in [3.63, 3.8) is 0 Å². The molecule has 3 aromatic heterocycles. The Morgan fingerprint density at radius 2 is 2.07 bits per heavy atom. The molecular weight excluding hydrogens is 410 g/mol. The first-order valence-corrected chi connectivity index (χ1v) is 10.7. The highest BCUT2D eigenvalue weighted by Gasteiger charge is 2.36. The Balaban J connectivity index is 1.63. The quantitative estimate of drug-likeness (QED) is 0.522. The fourth-order valence-electron chi connectivity index (χ4n) is 3.66. The maximum atomic E-state index is 12.8. The summed E-state index contributed by atoms with van der Waals surface area (Å²) in [4.78, 5) is 27.1. The second-order valence-electron chi connectivity index (χ2n) is 7.30. The van der Waals surface area contributed by atoms with Crippen LogP contribution in [0.2, 0.25) is 5.02 Å². The van der Waals surface area contributed by atoms with E-state index in [1.165, 1.54) is 7.11 Å². The molecule has 0 aromatic carbocycles. The molecule has 0 amide bonds. The van der Waals surface area contributed by atoms with Gasteiger partial charge in [-0.05, 0) is 42.9 Å². The highest BCUT2D eigenvalue weighted by atomic mass is 35.5. The number of Topliss-reactive ketones (excluding diaryl/α,β-unsaturated/α-hetero) is 1. The monoisotopic (exact) mass is 431 g/mol. The number of aryl methyl sites for hydroxylation is 1. The lowest BCUT2D eigenvalue weighted by molar-refractivity contribution is -0.117. The molecule has 0 bridgehead atoms. The minimum absolute atomic E-state index is 0.0538. The number of rotatable bonds is 8. The molecule has 6 nitrogen and oxygen atoms in total. The Morgan fingerprint density at radius 1 is 1.28 bits per heavy atom. The van der Waals surface area contributed by atoms with Crippen molar-refractivity contribution < 1.29 is 14.3 Å². The normalized spacial score (nSPS) is 14.9. The molecule has 8 heteroatoms. The molecule has 0 aliphatic heterocycles. The number of nitrogens with zero attached hydrogens (tertiary/aromatic N) is 3. The molecule has 1 aliphatic rings. The predicted molar refractivity (Wildman–Crippen MR) is 113 cm³/mol. The minimum atomic E-state index is -0.0538. The maximum Gasteiger partial charge on any atom is 0.232 e. The zero-order chi connectivity index (χ0) is 20.5. The first-order valence-electron chi connectivity index (χ1n) is 9.48. The standard InChI is InChI=1S/C21H22ClN3O3S/c1-11-25-18-17(19(27-2)13-4-5-13)14(10-24-21(18)29-11)8-15(26)6-12-7-16(22)20(28-3)23-9-12/h7,9-10,13,19H,4-6,8H2,1-3H3. The van der Waals surface area contributed by atoms with Crippen molar-refractivity contribution in [2.45, 2.75) is 38.7 Å². The van der Waals surface area contributed by atoms with Crippen LogP contribution in [0.1, 0.15) is 40.6 Å². The van der Waals surface area contributed by atoms with E-state index in [1.807, 2.05) is 6.92 Å². The topological polar surface area (TPSA) is 74.2 Å². The van der Waals surface area contributed by atoms with Crippen LogP contribution in [-0.4, -0.2) is 35.0 Å². The number of carbonyl (C=O) groups is 1. The van der Waals surface area contributed by atoms with Gasteiger partial charge in [-0.3, -0.25) is 4.79 Å². The zero-order valence-corrected chi connectivity index (χ0v) is 18.1. The summed E-state index contributed by atoms with van der Waals surface area (Å²) in [6.45, 7) is 1.97. The van der Waals surface area contributed by atoms with Crippen molar-refractivity contribution in [1.82, 2.24) is 15.0 Å². The average Bonchev–Trinajstić information content (AvgIpc) is 3.44. The summed E-state index contributed by atoms with van der Waals surface area (Å²) >= 11 is 7.70. The fourth-order valence-corrected chi connectivity index (χ4v) is 4.70. The number of carbonyl (C=O) groups excluding carboxylic acids is 1. The summed E-state index contributed by atoms with van der Waals surface area (Å²) < 4.78 is 10.9. The second kappa shape index (κ2) is 8.34. The molecule has 4 rings (SSSR count). The van der Waals surface area contributed by atoms with Crippen LogP contribution < -0.4 is 4.74 Å². The Hall–Kier alpha value is -2.09. The van der Waals surface area contributed by atoms with E-state index in [-0.39, 0.29) is 24.7 Å². The van der Waals surface area contributed by atoms with Crippen LogP contribution in [0.4, 0.5) is 0 Å². The molecule has 29 heavy (non-hydrogen) atoms. The van der Waals surface area contributed by atoms with Gasteiger partial charge >= 0.3 is 0 Å². The van der Waals surface area contributed by atoms with E-state index in [0.29, 0.717) is 16.8 Å². The fraction of sp³-hybridized carbons (Fsp3) is 0.429. The van der Waals surface area contributed by atoms with E-state index < -0.39 is 0 Å². The van der Waals surface area contributed by atoms with E-state index in [1.54, 1.807) is 36.9 Å². The Bertz CT molecular complexity index is 1060. The van der Waals surface area contributed by atoms with Gasteiger partial charge in [0.15, 0.2) is 0 Å². The largest absolute Gasteiger partial charge is 0.480 e. The van der Waals surface area contributed by atoms with Gasteiger partial charge in [-0.15, -0.1) is 0 Å². The van der Waals surface area contributed by atoms with Gasteiger partial charge in [-0.25, -0.2) is 15.0 Å². The smallest absolute Gasteiger partial charge is 0.232 e. The lowest BCUT2D eigenvalue weighted by Crippen LogP contribution is -2.14. The summed E-state index contributed by atoms with van der Waals surface area (Å²) in [7, 11) is 3.24. The van der Waals surface area contributed by atoms with Gasteiger partial charge in [0.05, 0.1) is 18.2 Å². The van der Waals surface area contributed by atoms with E-state index >= 15 is 0 Å². The van der Waals surface area contributed by atoms with Gasteiger partial charge in [-0.1, -0.05) is 22.9 Å². The number of aromatic nitrogens is 3. The SMILES string of the molecule is COc1ncc(CC(=O)Cc2cnc3sc(C)nc3c2C(OC)C2CC2)cc1Cl. The lowest BCUT2D eigenvalue weighted by Gasteiger charge is -2.19. The van der Waals surface area contributed by atoms with Gasteiger partial charge in [0, 0.05) is 37.9 Å². The number of halogens is 1. The average molecular weight is 432 g/mol. The molecule has 0 radical (unpaired) electrons. The van der Waals surface area contributed by atoms with Crippen LogP contribution in [0, 0.1) is 12.8 Å². The van der Waals surface area contributed by atoms with Crippen LogP contribution in [0.5, 0.6) is 5.88 Å². The van der Waals surface area contributed by atoms with E-state index in [2.05, 4.69) is 9.97 Å². The number of thiazole rings is 1. The molecule has 3 heterocycles. The van der Waals surface area contributed by atoms with Crippen LogP contribution in [0.3, 0.4) is 0 Å². The Labute approximate surface area is 178 Å². The molecular formula is C21H22ClN3O3S. The van der Waals surface area contributed by atoms with E-state index in [4.69, 9.17) is 26.1 Å². The van der Waals surface area contributed by atoms with Crippen molar-refractivity contribution in [2.24, 2.45) is 5.92 Å². The molecule has 1 unspecified atom stereocenters. The van der Waals surface area contributed by atoms with Gasteiger partial charge in [0.2, 0.25) is 5.88 Å². The summed E-state index contributed by atoms with van der Waals surface area (Å²) in [5.74, 6) is 0.894. The molecule has 1 atom stereocenters. The third kappa shape index (κ3) is 4.27. The summed E-state index contributed by atoms with van der Waals surface area (Å²) in [5.41, 5.74) is 3.53. The van der Waals surface area contributed by atoms with E-state index in [0.717, 1.165) is 44.9 Å². The van der Waals surface area contributed by atoms with Gasteiger partial charge in [0.25, 0.3) is 0 Å². The van der Waals surface area contributed by atoms with Crippen molar-refractivity contribution in [3.8, 4) is 5.88 Å². The molecule has 1 saturated carbocycles. The third-order valence-corrected chi connectivity index (χ3v) is 6.24. The molecule has 152 valence electrons. The van der Waals surface area contributed by atoms with Crippen LogP contribution in [0.25, 0.3) is 10.3 Å². The minimum Gasteiger partial charge on any atom is -0.480 e. The van der Waals surface area contributed by atoms with Crippen molar-refractivity contribution in [1.29, 1.82) is 0 Å². The molecule has 0 spiro atoms. The van der Waals surface area contributed by atoms with Crippen LogP contribution >= 0.6 is 22.9 Å². The number of hydrogen-bond donors (Lipinski definition) is 0. The highest BCUT2D eigenvalue weighted by molar-refractivity contribution is 7.18. The van der Waals surface area contributed by atoms with Gasteiger partial charge in [-0.2, -0.15) is 0 Å². The number of hydrogen-bond acceptors (Lipinski definition) is 7. The van der Waals surface area contributed by atoms with Gasteiger partial charge in [0.1, 0.15) is 21.2 Å². The molecule has 0 N–H and O–H groups in total. The van der Waals surface area contributed by atoms with E-state index in [9.17, 15) is 4.79 Å². The van der Waals surface area contributed by atoms with Crippen molar-refractivity contribution >= 4 is 39.1 Å². The predicted octanol–water partition coefficient (Wildman–Crippen LogP) is 4.51. The van der Waals surface area contributed by atoms with Crippen LogP contribution in [0.15, 0.2) is 18.5 Å². The first-order chi connectivity index (χ1) is 14.0. The number of ether oxygens (including phenoxy) is 2. The number of pyridine rings is 2. The summed E-state index contributed by atoms with van der Waals surface area (Å²) in [5, 5.41) is 1.36. The Kier molecular flexibility index (Phi) is 5.81. The molecule has 1 aliphatic carbocycles.